The van der Waals surface area contributed by atoms with E-state index in [4.69, 9.17) is 9.57 Å². The predicted octanol–water partition coefficient (Wildman–Crippen LogP) is 1.23. The molecule has 0 aromatic carbocycles. The molecule has 0 radical (unpaired) electrons. The summed E-state index contributed by atoms with van der Waals surface area (Å²) in [6.45, 7) is 4.55. The fourth-order valence-electron chi connectivity index (χ4n) is 4.08. The van der Waals surface area contributed by atoms with Crippen LogP contribution < -0.4 is 0 Å². The maximum atomic E-state index is 13.1. The van der Waals surface area contributed by atoms with Crippen LogP contribution >= 0.6 is 0 Å². The SMILES string of the molecule is O=C(N1CCCO1)[C@@]12CCO[C@@H]1CCN(Cc1cccnc1)C2. The summed E-state index contributed by atoms with van der Waals surface area (Å²) in [7, 11) is 0. The Kier molecular flexibility index (Phi) is 4.05. The van der Waals surface area contributed by atoms with Crippen molar-refractivity contribution in [1.82, 2.24) is 14.9 Å². The van der Waals surface area contributed by atoms with Gasteiger partial charge >= 0.3 is 0 Å². The molecule has 6 heteroatoms. The van der Waals surface area contributed by atoms with E-state index in [1.165, 1.54) is 5.56 Å². The molecule has 1 amide bonds. The number of hydrogen-bond acceptors (Lipinski definition) is 5. The van der Waals surface area contributed by atoms with Crippen LogP contribution in [0.15, 0.2) is 24.5 Å². The number of carbonyl (C=O) groups excluding carboxylic acids is 1. The highest BCUT2D eigenvalue weighted by molar-refractivity contribution is 5.83. The van der Waals surface area contributed by atoms with Gasteiger partial charge in [-0.05, 0) is 30.9 Å². The molecule has 4 heterocycles. The number of piperidine rings is 1. The van der Waals surface area contributed by atoms with Crippen molar-refractivity contribution in [3.05, 3.63) is 30.1 Å². The summed E-state index contributed by atoms with van der Waals surface area (Å²) in [5, 5.41) is 1.58. The highest BCUT2D eigenvalue weighted by Gasteiger charge is 2.55. The molecule has 2 atom stereocenters. The van der Waals surface area contributed by atoms with Crippen molar-refractivity contribution in [1.29, 1.82) is 0 Å². The second kappa shape index (κ2) is 6.19. The first-order chi connectivity index (χ1) is 11.3. The lowest BCUT2D eigenvalue weighted by Gasteiger charge is -2.43. The number of pyridine rings is 1. The molecule has 4 rings (SSSR count). The third-order valence-electron chi connectivity index (χ3n) is 5.23. The van der Waals surface area contributed by atoms with E-state index in [1.807, 2.05) is 12.3 Å². The van der Waals surface area contributed by atoms with E-state index in [-0.39, 0.29) is 12.0 Å². The molecule has 3 aliphatic rings. The molecule has 0 aliphatic carbocycles. The number of hydrogen-bond donors (Lipinski definition) is 0. The Labute approximate surface area is 136 Å². The van der Waals surface area contributed by atoms with Crippen molar-refractivity contribution < 1.29 is 14.4 Å². The molecule has 0 unspecified atom stereocenters. The number of likely N-dealkylation sites (tertiary alicyclic amines) is 1. The maximum absolute atomic E-state index is 13.1. The van der Waals surface area contributed by atoms with Crippen LogP contribution in [0.2, 0.25) is 0 Å². The van der Waals surface area contributed by atoms with Crippen LogP contribution in [-0.2, 0) is 20.9 Å². The maximum Gasteiger partial charge on any atom is 0.256 e. The van der Waals surface area contributed by atoms with E-state index in [2.05, 4.69) is 16.0 Å². The summed E-state index contributed by atoms with van der Waals surface area (Å²) in [4.78, 5) is 25.2. The van der Waals surface area contributed by atoms with Gasteiger partial charge in [0.1, 0.15) is 0 Å². The quantitative estimate of drug-likeness (QED) is 0.839. The average Bonchev–Trinajstić information content (AvgIpc) is 3.25. The lowest BCUT2D eigenvalue weighted by molar-refractivity contribution is -0.187. The number of hydroxylamine groups is 2. The van der Waals surface area contributed by atoms with Crippen molar-refractivity contribution in [3.63, 3.8) is 0 Å². The van der Waals surface area contributed by atoms with Gasteiger partial charge in [-0.1, -0.05) is 6.07 Å². The molecule has 124 valence electrons. The van der Waals surface area contributed by atoms with Crippen molar-refractivity contribution in [2.45, 2.75) is 31.9 Å². The minimum Gasteiger partial charge on any atom is -0.377 e. The zero-order valence-electron chi connectivity index (χ0n) is 13.3. The summed E-state index contributed by atoms with van der Waals surface area (Å²) in [6.07, 6.45) is 6.34. The minimum absolute atomic E-state index is 0.0318. The van der Waals surface area contributed by atoms with Crippen LogP contribution in [0.5, 0.6) is 0 Å². The lowest BCUT2D eigenvalue weighted by atomic mass is 9.75. The third kappa shape index (κ3) is 2.75. The number of fused-ring (bicyclic) bond motifs is 1. The van der Waals surface area contributed by atoms with Gasteiger partial charge in [0.25, 0.3) is 5.91 Å². The van der Waals surface area contributed by atoms with Gasteiger partial charge in [0.15, 0.2) is 0 Å². The Balaban J connectivity index is 1.52. The van der Waals surface area contributed by atoms with Gasteiger partial charge in [0.05, 0.1) is 24.7 Å². The van der Waals surface area contributed by atoms with E-state index in [9.17, 15) is 4.79 Å². The Hall–Kier alpha value is -1.50. The fraction of sp³-hybridized carbons (Fsp3) is 0.647. The molecule has 23 heavy (non-hydrogen) atoms. The van der Waals surface area contributed by atoms with Crippen LogP contribution in [-0.4, -0.2) is 59.8 Å². The largest absolute Gasteiger partial charge is 0.377 e. The van der Waals surface area contributed by atoms with Crippen LogP contribution in [0.3, 0.4) is 0 Å². The number of rotatable bonds is 3. The zero-order chi connectivity index (χ0) is 15.7. The summed E-state index contributed by atoms with van der Waals surface area (Å²) < 4.78 is 5.90. The minimum atomic E-state index is -0.440. The van der Waals surface area contributed by atoms with Gasteiger partial charge < -0.3 is 4.74 Å². The van der Waals surface area contributed by atoms with Gasteiger partial charge in [-0.3, -0.25) is 19.5 Å². The first-order valence-electron chi connectivity index (χ1n) is 8.46. The van der Waals surface area contributed by atoms with Crippen LogP contribution in [0.4, 0.5) is 0 Å². The van der Waals surface area contributed by atoms with Gasteiger partial charge in [0.2, 0.25) is 0 Å². The van der Waals surface area contributed by atoms with Gasteiger partial charge in [-0.15, -0.1) is 0 Å². The highest BCUT2D eigenvalue weighted by atomic mass is 16.7. The van der Waals surface area contributed by atoms with Crippen LogP contribution in [0.1, 0.15) is 24.8 Å². The molecular formula is C17H23N3O3. The number of carbonyl (C=O) groups is 1. The Morgan fingerprint density at radius 3 is 3.13 bits per heavy atom. The van der Waals surface area contributed by atoms with Crippen LogP contribution in [0.25, 0.3) is 0 Å². The highest BCUT2D eigenvalue weighted by Crippen LogP contribution is 2.43. The molecule has 3 saturated heterocycles. The van der Waals surface area contributed by atoms with Crippen molar-refractivity contribution in [2.75, 3.05) is 32.8 Å². The van der Waals surface area contributed by atoms with Gasteiger partial charge in [0, 0.05) is 38.6 Å². The van der Waals surface area contributed by atoms with E-state index in [1.54, 1.807) is 11.3 Å². The van der Waals surface area contributed by atoms with Gasteiger partial charge in [-0.25, -0.2) is 5.06 Å². The summed E-state index contributed by atoms with van der Waals surface area (Å²) in [5.74, 6) is 0.119. The van der Waals surface area contributed by atoms with Gasteiger partial charge in [-0.2, -0.15) is 0 Å². The zero-order valence-corrected chi connectivity index (χ0v) is 13.3. The molecular weight excluding hydrogens is 294 g/mol. The molecule has 0 saturated carbocycles. The number of amides is 1. The van der Waals surface area contributed by atoms with E-state index >= 15 is 0 Å². The third-order valence-corrected chi connectivity index (χ3v) is 5.23. The fourth-order valence-corrected chi connectivity index (χ4v) is 4.08. The van der Waals surface area contributed by atoms with E-state index in [0.717, 1.165) is 38.9 Å². The van der Waals surface area contributed by atoms with E-state index in [0.29, 0.717) is 19.8 Å². The normalized spacial score (nSPS) is 31.3. The predicted molar refractivity (Wildman–Crippen MR) is 83.2 cm³/mol. The molecule has 1 aromatic heterocycles. The standard InChI is InChI=1S/C17H23N3O3/c21-16(20-7-2-9-23-20)17-5-10-22-15(17)4-8-19(13-17)12-14-3-1-6-18-11-14/h1,3,6,11,15H,2,4-5,7-10,12-13H2/t15-,17-/m1/s1. The first kappa shape index (κ1) is 15.1. The summed E-state index contributed by atoms with van der Waals surface area (Å²) in [6, 6.07) is 4.04. The Morgan fingerprint density at radius 1 is 1.39 bits per heavy atom. The number of nitrogens with zero attached hydrogens (tertiary/aromatic N) is 3. The van der Waals surface area contributed by atoms with E-state index < -0.39 is 5.41 Å². The first-order valence-corrected chi connectivity index (χ1v) is 8.46. The molecule has 3 fully saturated rings. The molecule has 0 bridgehead atoms. The topological polar surface area (TPSA) is 54.9 Å². The van der Waals surface area contributed by atoms with Crippen LogP contribution in [0, 0.1) is 5.41 Å². The second-order valence-electron chi connectivity index (χ2n) is 6.72. The molecule has 0 N–H and O–H groups in total. The average molecular weight is 317 g/mol. The molecule has 1 aromatic rings. The second-order valence-corrected chi connectivity index (χ2v) is 6.72. The number of ether oxygens (including phenoxy) is 1. The smallest absolute Gasteiger partial charge is 0.256 e. The Bertz CT molecular complexity index is 561. The Morgan fingerprint density at radius 2 is 2.35 bits per heavy atom. The van der Waals surface area contributed by atoms with Crippen molar-refractivity contribution in [3.8, 4) is 0 Å². The van der Waals surface area contributed by atoms with Crippen molar-refractivity contribution >= 4 is 5.91 Å². The molecule has 3 aliphatic heterocycles. The lowest BCUT2D eigenvalue weighted by Crippen LogP contribution is -2.57. The molecule has 0 spiro atoms. The summed E-state index contributed by atoms with van der Waals surface area (Å²) in [5.41, 5.74) is 0.745. The summed E-state index contributed by atoms with van der Waals surface area (Å²) >= 11 is 0. The van der Waals surface area contributed by atoms with Crippen molar-refractivity contribution in [2.24, 2.45) is 5.41 Å². The monoisotopic (exact) mass is 317 g/mol. The molecule has 6 nitrogen and oxygen atoms in total. The number of aromatic nitrogens is 1.